The number of alkyl halides is 3. The van der Waals surface area contributed by atoms with Gasteiger partial charge in [0.15, 0.2) is 0 Å². The second-order valence-corrected chi connectivity index (χ2v) is 5.95. The normalized spacial score (nSPS) is 16.1. The molecule has 0 bridgehead atoms. The SMILES string of the molecule is O=C(c1c(F)cccc1Cl)N1CCC(CNC(=O)C(F)(F)F)CC1. The van der Waals surface area contributed by atoms with E-state index in [1.54, 1.807) is 0 Å². The molecule has 1 aromatic rings. The molecule has 132 valence electrons. The van der Waals surface area contributed by atoms with Crippen LogP contribution in [-0.4, -0.2) is 42.5 Å². The van der Waals surface area contributed by atoms with Crippen molar-refractivity contribution in [2.24, 2.45) is 5.92 Å². The Morgan fingerprint density at radius 3 is 2.42 bits per heavy atom. The number of likely N-dealkylation sites (tertiary alicyclic amines) is 1. The van der Waals surface area contributed by atoms with Crippen molar-refractivity contribution in [3.63, 3.8) is 0 Å². The maximum atomic E-state index is 13.8. The predicted molar refractivity (Wildman–Crippen MR) is 79.1 cm³/mol. The van der Waals surface area contributed by atoms with Gasteiger partial charge in [-0.1, -0.05) is 17.7 Å². The Labute approximate surface area is 140 Å². The van der Waals surface area contributed by atoms with Crippen LogP contribution in [0.4, 0.5) is 17.6 Å². The molecule has 0 radical (unpaired) electrons. The molecule has 0 unspecified atom stereocenters. The zero-order valence-electron chi connectivity index (χ0n) is 12.5. The third kappa shape index (κ3) is 4.37. The summed E-state index contributed by atoms with van der Waals surface area (Å²) in [5.41, 5.74) is -0.206. The third-order valence-corrected chi connectivity index (χ3v) is 4.20. The van der Waals surface area contributed by atoms with Crippen molar-refractivity contribution >= 4 is 23.4 Å². The van der Waals surface area contributed by atoms with Gasteiger partial charge in [-0.2, -0.15) is 13.2 Å². The van der Waals surface area contributed by atoms with Crippen molar-refractivity contribution < 1.29 is 27.2 Å². The summed E-state index contributed by atoms with van der Waals surface area (Å²) in [5, 5.41) is 1.85. The topological polar surface area (TPSA) is 49.4 Å². The minimum atomic E-state index is -4.90. The molecule has 1 heterocycles. The molecule has 1 aliphatic rings. The molecule has 0 spiro atoms. The fraction of sp³-hybridized carbons (Fsp3) is 0.467. The van der Waals surface area contributed by atoms with Gasteiger partial charge in [0, 0.05) is 19.6 Å². The molecule has 2 rings (SSSR count). The molecule has 4 nitrogen and oxygen atoms in total. The molecule has 9 heteroatoms. The first-order valence-corrected chi connectivity index (χ1v) is 7.66. The fourth-order valence-electron chi connectivity index (χ4n) is 2.54. The van der Waals surface area contributed by atoms with Gasteiger partial charge < -0.3 is 10.2 Å². The number of halogens is 5. The van der Waals surface area contributed by atoms with E-state index in [-0.39, 0.29) is 36.1 Å². The van der Waals surface area contributed by atoms with E-state index in [4.69, 9.17) is 11.6 Å². The van der Waals surface area contributed by atoms with Crippen molar-refractivity contribution in [1.82, 2.24) is 10.2 Å². The van der Waals surface area contributed by atoms with Crippen LogP contribution in [0.5, 0.6) is 0 Å². The highest BCUT2D eigenvalue weighted by Gasteiger charge is 2.38. The molecular weight excluding hydrogens is 352 g/mol. The Hall–Kier alpha value is -1.83. The lowest BCUT2D eigenvalue weighted by Gasteiger charge is -2.32. The Morgan fingerprint density at radius 1 is 1.25 bits per heavy atom. The molecule has 1 fully saturated rings. The Balaban J connectivity index is 1.89. The Bertz CT molecular complexity index is 608. The zero-order valence-corrected chi connectivity index (χ0v) is 13.3. The van der Waals surface area contributed by atoms with Crippen LogP contribution in [0, 0.1) is 11.7 Å². The maximum absolute atomic E-state index is 13.8. The fourth-order valence-corrected chi connectivity index (χ4v) is 2.78. The highest BCUT2D eigenvalue weighted by molar-refractivity contribution is 6.33. The molecule has 0 atom stereocenters. The summed E-state index contributed by atoms with van der Waals surface area (Å²) in [7, 11) is 0. The van der Waals surface area contributed by atoms with Crippen molar-refractivity contribution in [1.29, 1.82) is 0 Å². The first-order chi connectivity index (χ1) is 11.2. The van der Waals surface area contributed by atoms with Gasteiger partial charge in [0.1, 0.15) is 5.82 Å². The van der Waals surface area contributed by atoms with E-state index >= 15 is 0 Å². The van der Waals surface area contributed by atoms with Crippen molar-refractivity contribution in [2.45, 2.75) is 19.0 Å². The van der Waals surface area contributed by atoms with E-state index in [0.717, 1.165) is 6.07 Å². The average Bonchev–Trinajstić information content (AvgIpc) is 2.51. The molecule has 0 saturated carbocycles. The van der Waals surface area contributed by atoms with Crippen LogP contribution in [-0.2, 0) is 4.79 Å². The van der Waals surface area contributed by atoms with Crippen LogP contribution in [0.15, 0.2) is 18.2 Å². The summed E-state index contributed by atoms with van der Waals surface area (Å²) < 4.78 is 50.1. The van der Waals surface area contributed by atoms with Gasteiger partial charge in [0.05, 0.1) is 10.6 Å². The smallest absolute Gasteiger partial charge is 0.348 e. The molecular formula is C15H15ClF4N2O2. The van der Waals surface area contributed by atoms with E-state index in [2.05, 4.69) is 0 Å². The van der Waals surface area contributed by atoms with Gasteiger partial charge >= 0.3 is 12.1 Å². The summed E-state index contributed by atoms with van der Waals surface area (Å²) in [4.78, 5) is 24.5. The first kappa shape index (κ1) is 18.5. The second kappa shape index (κ2) is 7.38. The van der Waals surface area contributed by atoms with E-state index < -0.39 is 23.8 Å². The van der Waals surface area contributed by atoms with E-state index in [1.807, 2.05) is 5.32 Å². The van der Waals surface area contributed by atoms with Gasteiger partial charge in [-0.3, -0.25) is 9.59 Å². The highest BCUT2D eigenvalue weighted by Crippen LogP contribution is 2.24. The minimum Gasteiger partial charge on any atom is -0.348 e. The van der Waals surface area contributed by atoms with Gasteiger partial charge in [0.2, 0.25) is 0 Å². The summed E-state index contributed by atoms with van der Waals surface area (Å²) in [5.74, 6) is -3.40. The lowest BCUT2D eigenvalue weighted by atomic mass is 9.96. The van der Waals surface area contributed by atoms with Crippen LogP contribution < -0.4 is 5.32 Å². The number of rotatable bonds is 3. The minimum absolute atomic E-state index is 0.0135. The third-order valence-electron chi connectivity index (χ3n) is 3.89. The van der Waals surface area contributed by atoms with Gasteiger partial charge in [-0.05, 0) is 30.9 Å². The number of carbonyl (C=O) groups is 2. The Kier molecular flexibility index (Phi) is 5.69. The molecule has 0 aromatic heterocycles. The molecule has 0 aliphatic carbocycles. The molecule has 1 saturated heterocycles. The van der Waals surface area contributed by atoms with Gasteiger partial charge in [-0.15, -0.1) is 0 Å². The molecule has 1 aliphatic heterocycles. The Morgan fingerprint density at radius 2 is 1.88 bits per heavy atom. The van der Waals surface area contributed by atoms with Crippen LogP contribution >= 0.6 is 11.6 Å². The van der Waals surface area contributed by atoms with Gasteiger partial charge in [0.25, 0.3) is 5.91 Å². The number of nitrogens with one attached hydrogen (secondary N) is 1. The monoisotopic (exact) mass is 366 g/mol. The average molecular weight is 367 g/mol. The number of carbonyl (C=O) groups excluding carboxylic acids is 2. The highest BCUT2D eigenvalue weighted by atomic mass is 35.5. The van der Waals surface area contributed by atoms with Crippen molar-refractivity contribution in [3.05, 3.63) is 34.6 Å². The number of amides is 2. The lowest BCUT2D eigenvalue weighted by Crippen LogP contribution is -2.44. The quantitative estimate of drug-likeness (QED) is 0.836. The number of hydrogen-bond acceptors (Lipinski definition) is 2. The van der Waals surface area contributed by atoms with Crippen LogP contribution in [0.3, 0.4) is 0 Å². The maximum Gasteiger partial charge on any atom is 0.471 e. The summed E-state index contributed by atoms with van der Waals surface area (Å²) in [6.07, 6.45) is -4.08. The lowest BCUT2D eigenvalue weighted by molar-refractivity contribution is -0.173. The van der Waals surface area contributed by atoms with Gasteiger partial charge in [-0.25, -0.2) is 4.39 Å². The number of nitrogens with zero attached hydrogens (tertiary/aromatic N) is 1. The summed E-state index contributed by atoms with van der Waals surface area (Å²) >= 11 is 5.86. The van der Waals surface area contributed by atoms with Crippen molar-refractivity contribution in [2.75, 3.05) is 19.6 Å². The predicted octanol–water partition coefficient (Wildman–Crippen LogP) is 3.01. The number of piperidine rings is 1. The molecule has 24 heavy (non-hydrogen) atoms. The largest absolute Gasteiger partial charge is 0.471 e. The van der Waals surface area contributed by atoms with E-state index in [1.165, 1.54) is 17.0 Å². The van der Waals surface area contributed by atoms with E-state index in [9.17, 15) is 27.2 Å². The van der Waals surface area contributed by atoms with E-state index in [0.29, 0.717) is 12.8 Å². The summed E-state index contributed by atoms with van der Waals surface area (Å²) in [6, 6.07) is 3.94. The first-order valence-electron chi connectivity index (χ1n) is 7.28. The van der Waals surface area contributed by atoms with Crippen molar-refractivity contribution in [3.8, 4) is 0 Å². The van der Waals surface area contributed by atoms with Crippen LogP contribution in [0.2, 0.25) is 5.02 Å². The number of hydrogen-bond donors (Lipinski definition) is 1. The van der Waals surface area contributed by atoms with Crippen LogP contribution in [0.25, 0.3) is 0 Å². The summed E-state index contributed by atoms with van der Waals surface area (Å²) in [6.45, 7) is 0.410. The van der Waals surface area contributed by atoms with Crippen LogP contribution in [0.1, 0.15) is 23.2 Å². The standard InChI is InChI=1S/C15H15ClF4N2O2/c16-10-2-1-3-11(17)12(10)13(23)22-6-4-9(5-7-22)8-21-14(24)15(18,19)20/h1-3,9H,4-8H2,(H,21,24). The zero-order chi connectivity index (χ0) is 17.9. The molecule has 2 amide bonds. The number of benzene rings is 1. The second-order valence-electron chi connectivity index (χ2n) is 5.54. The molecule has 1 N–H and O–H groups in total. The molecule has 1 aromatic carbocycles.